The van der Waals surface area contributed by atoms with Crippen LogP contribution in [0.3, 0.4) is 0 Å². The minimum absolute atomic E-state index is 0.101. The SMILES string of the molecule is CC(=O)CCCc1cccc2c1O[C@H]1C[C@@H](O[Si](C)(C)C(C)(C)C)[C@H](COS(=O)(=O)C(F)(F)F)[C@@H]21. The van der Waals surface area contributed by atoms with E-state index in [0.29, 0.717) is 31.4 Å². The number of ketones is 1. The van der Waals surface area contributed by atoms with E-state index in [9.17, 15) is 26.4 Å². The van der Waals surface area contributed by atoms with Gasteiger partial charge in [0, 0.05) is 30.2 Å². The quantitative estimate of drug-likeness (QED) is 0.228. The van der Waals surface area contributed by atoms with Crippen LogP contribution < -0.4 is 4.74 Å². The number of rotatable bonds is 9. The third-order valence-electron chi connectivity index (χ3n) is 7.49. The summed E-state index contributed by atoms with van der Waals surface area (Å²) in [5.74, 6) is -0.194. The van der Waals surface area contributed by atoms with E-state index in [2.05, 4.69) is 25.0 Å². The molecule has 1 aromatic carbocycles. The zero-order valence-corrected chi connectivity index (χ0v) is 22.9. The number of ether oxygens (including phenoxy) is 1. The molecule has 1 aliphatic heterocycles. The van der Waals surface area contributed by atoms with E-state index in [0.717, 1.165) is 11.1 Å². The van der Waals surface area contributed by atoms with Gasteiger partial charge in [-0.05, 0) is 43.5 Å². The summed E-state index contributed by atoms with van der Waals surface area (Å²) in [7, 11) is -8.05. The molecule has 3 rings (SSSR count). The minimum atomic E-state index is -5.73. The fourth-order valence-electron chi connectivity index (χ4n) is 4.63. The van der Waals surface area contributed by atoms with Gasteiger partial charge in [-0.1, -0.05) is 39.0 Å². The Balaban J connectivity index is 1.91. The molecule has 0 saturated heterocycles. The molecule has 198 valence electrons. The molecule has 1 fully saturated rings. The number of Topliss-reactive ketones (excluding diaryl/α,β-unsaturated/α-hetero) is 1. The molecular formula is C24H35F3O6SSi. The van der Waals surface area contributed by atoms with Crippen LogP contribution in [0.4, 0.5) is 13.2 Å². The van der Waals surface area contributed by atoms with Gasteiger partial charge in [0.1, 0.15) is 17.6 Å². The number of carbonyl (C=O) groups is 1. The first-order chi connectivity index (χ1) is 15.9. The average Bonchev–Trinajstić information content (AvgIpc) is 3.20. The predicted molar refractivity (Wildman–Crippen MR) is 128 cm³/mol. The highest BCUT2D eigenvalue weighted by Crippen LogP contribution is 2.54. The number of hydrogen-bond acceptors (Lipinski definition) is 6. The van der Waals surface area contributed by atoms with Crippen LogP contribution in [0.15, 0.2) is 18.2 Å². The lowest BCUT2D eigenvalue weighted by molar-refractivity contribution is -0.117. The number of hydrogen-bond donors (Lipinski definition) is 0. The van der Waals surface area contributed by atoms with Crippen molar-refractivity contribution in [3.05, 3.63) is 29.3 Å². The van der Waals surface area contributed by atoms with Crippen molar-refractivity contribution in [3.8, 4) is 5.75 Å². The van der Waals surface area contributed by atoms with Crippen molar-refractivity contribution >= 4 is 24.2 Å². The van der Waals surface area contributed by atoms with Crippen molar-refractivity contribution in [2.45, 2.75) is 95.1 Å². The molecule has 1 saturated carbocycles. The number of aryl methyl sites for hydroxylation is 1. The van der Waals surface area contributed by atoms with Crippen LogP contribution in [0.2, 0.25) is 18.1 Å². The summed E-state index contributed by atoms with van der Waals surface area (Å²) in [6, 6.07) is 5.65. The van der Waals surface area contributed by atoms with Gasteiger partial charge in [-0.2, -0.15) is 21.6 Å². The molecule has 4 atom stereocenters. The van der Waals surface area contributed by atoms with Gasteiger partial charge in [-0.25, -0.2) is 0 Å². The van der Waals surface area contributed by atoms with Crippen molar-refractivity contribution < 1.29 is 39.7 Å². The summed E-state index contributed by atoms with van der Waals surface area (Å²) >= 11 is 0. The maximum absolute atomic E-state index is 13.0. The first-order valence-electron chi connectivity index (χ1n) is 11.9. The van der Waals surface area contributed by atoms with E-state index >= 15 is 0 Å². The molecule has 35 heavy (non-hydrogen) atoms. The average molecular weight is 537 g/mol. The zero-order chi connectivity index (χ0) is 26.4. The zero-order valence-electron chi connectivity index (χ0n) is 21.1. The highest BCUT2D eigenvalue weighted by atomic mass is 32.2. The van der Waals surface area contributed by atoms with Gasteiger partial charge in [0.2, 0.25) is 0 Å². The molecular weight excluding hydrogens is 501 g/mol. The summed E-state index contributed by atoms with van der Waals surface area (Å²) in [4.78, 5) is 11.3. The molecule has 0 amide bonds. The first-order valence-corrected chi connectivity index (χ1v) is 16.2. The summed E-state index contributed by atoms with van der Waals surface area (Å²) in [6.07, 6.45) is 1.33. The maximum Gasteiger partial charge on any atom is 0.523 e. The van der Waals surface area contributed by atoms with Crippen molar-refractivity contribution in [2.75, 3.05) is 6.61 Å². The van der Waals surface area contributed by atoms with Gasteiger partial charge in [-0.15, -0.1) is 0 Å². The second kappa shape index (κ2) is 9.79. The van der Waals surface area contributed by atoms with Crippen LogP contribution in [0.1, 0.15) is 64.0 Å². The second-order valence-electron chi connectivity index (χ2n) is 11.1. The number of halogens is 3. The first kappa shape index (κ1) is 28.1. The summed E-state index contributed by atoms with van der Waals surface area (Å²) in [5, 5.41) is -0.142. The molecule has 2 aliphatic rings. The number of alkyl halides is 3. The maximum atomic E-state index is 13.0. The van der Waals surface area contributed by atoms with Crippen molar-refractivity contribution in [2.24, 2.45) is 5.92 Å². The van der Waals surface area contributed by atoms with Gasteiger partial charge in [0.25, 0.3) is 0 Å². The number of carbonyl (C=O) groups excluding carboxylic acids is 1. The molecule has 1 aromatic rings. The molecule has 6 nitrogen and oxygen atoms in total. The van der Waals surface area contributed by atoms with Crippen LogP contribution in [-0.2, 0) is 29.9 Å². The van der Waals surface area contributed by atoms with Crippen LogP contribution in [0.25, 0.3) is 0 Å². The van der Waals surface area contributed by atoms with E-state index in [1.54, 1.807) is 6.92 Å². The molecule has 0 radical (unpaired) electrons. The third-order valence-corrected chi connectivity index (χ3v) is 13.0. The summed E-state index contributed by atoms with van der Waals surface area (Å²) in [6.45, 7) is 11.2. The van der Waals surface area contributed by atoms with Gasteiger partial charge >= 0.3 is 15.6 Å². The highest BCUT2D eigenvalue weighted by Gasteiger charge is 2.55. The van der Waals surface area contributed by atoms with Crippen LogP contribution in [0, 0.1) is 5.92 Å². The molecule has 0 spiro atoms. The van der Waals surface area contributed by atoms with Crippen LogP contribution in [-0.4, -0.2) is 46.8 Å². The van der Waals surface area contributed by atoms with Gasteiger partial charge in [0.05, 0.1) is 12.7 Å². The smallest absolute Gasteiger partial charge is 0.489 e. The van der Waals surface area contributed by atoms with Gasteiger partial charge in [0.15, 0.2) is 8.32 Å². The van der Waals surface area contributed by atoms with E-state index < -0.39 is 42.6 Å². The van der Waals surface area contributed by atoms with E-state index in [4.69, 9.17) is 9.16 Å². The predicted octanol–water partition coefficient (Wildman–Crippen LogP) is 5.72. The highest BCUT2D eigenvalue weighted by molar-refractivity contribution is 7.87. The monoisotopic (exact) mass is 536 g/mol. The van der Waals surface area contributed by atoms with Crippen molar-refractivity contribution in [1.29, 1.82) is 0 Å². The van der Waals surface area contributed by atoms with Gasteiger partial charge < -0.3 is 14.0 Å². The van der Waals surface area contributed by atoms with Gasteiger partial charge in [-0.3, -0.25) is 4.18 Å². The van der Waals surface area contributed by atoms with Crippen molar-refractivity contribution in [3.63, 3.8) is 0 Å². The fraction of sp³-hybridized carbons (Fsp3) is 0.708. The topological polar surface area (TPSA) is 78.9 Å². The van der Waals surface area contributed by atoms with Crippen molar-refractivity contribution in [1.82, 2.24) is 0 Å². The van der Waals surface area contributed by atoms with E-state index in [-0.39, 0.29) is 22.8 Å². The number of benzene rings is 1. The Morgan fingerprint density at radius 3 is 2.43 bits per heavy atom. The molecule has 1 heterocycles. The lowest BCUT2D eigenvalue weighted by Crippen LogP contribution is -2.46. The number of fused-ring (bicyclic) bond motifs is 3. The minimum Gasteiger partial charge on any atom is -0.489 e. The molecule has 0 N–H and O–H groups in total. The standard InChI is InChI=1S/C24H35F3O6SSi/c1-15(28)9-7-10-16-11-8-12-17-21-18(14-31-34(29,30)24(25,26)27)19(13-20(21)32-22(16)17)33-35(5,6)23(2,3)4/h8,11-12,18-21H,7,9-10,13-14H2,1-6H3/t18-,19+,20-,21+/m0/s1. The lowest BCUT2D eigenvalue weighted by Gasteiger charge is -2.40. The molecule has 0 unspecified atom stereocenters. The Morgan fingerprint density at radius 1 is 1.20 bits per heavy atom. The third kappa shape index (κ3) is 5.94. The van der Waals surface area contributed by atoms with E-state index in [1.807, 2.05) is 31.3 Å². The Hall–Kier alpha value is -1.43. The Bertz CT molecular complexity index is 1050. The number of para-hydroxylation sites is 1. The molecule has 0 bridgehead atoms. The normalized spacial score (nSPS) is 24.7. The molecule has 1 aliphatic carbocycles. The Morgan fingerprint density at radius 2 is 1.86 bits per heavy atom. The summed E-state index contributed by atoms with van der Waals surface area (Å²) in [5.41, 5.74) is -3.73. The Labute approximate surface area is 206 Å². The lowest BCUT2D eigenvalue weighted by atomic mass is 9.87. The molecule has 0 aromatic heterocycles. The second-order valence-corrected chi connectivity index (χ2v) is 17.4. The van der Waals surface area contributed by atoms with Crippen LogP contribution >= 0.6 is 0 Å². The van der Waals surface area contributed by atoms with E-state index in [1.165, 1.54) is 0 Å². The molecule has 11 heteroatoms. The largest absolute Gasteiger partial charge is 0.523 e. The fourth-order valence-corrected chi connectivity index (χ4v) is 6.48. The Kier molecular flexibility index (Phi) is 7.87. The van der Waals surface area contributed by atoms with Crippen LogP contribution in [0.5, 0.6) is 5.75 Å². The summed E-state index contributed by atoms with van der Waals surface area (Å²) < 4.78 is 79.7.